The summed E-state index contributed by atoms with van der Waals surface area (Å²) in [7, 11) is 0. The molecule has 2 nitrogen and oxygen atoms in total. The van der Waals surface area contributed by atoms with Gasteiger partial charge in [-0.1, -0.05) is 13.3 Å². The van der Waals surface area contributed by atoms with Crippen molar-refractivity contribution >= 4 is 21.6 Å². The standard InChI is InChI=1S/C14H20BrNO/c1-9-4-3-5-11(6-9)17-14-7-10(2)13(16)8-12(14)15/h7-9,11H,3-6,16H2,1-2H3. The van der Waals surface area contributed by atoms with E-state index in [1.807, 2.05) is 19.1 Å². The predicted octanol–water partition coefficient (Wildman–Crippen LogP) is 4.30. The fourth-order valence-corrected chi connectivity index (χ4v) is 2.88. The molecule has 2 atom stereocenters. The highest BCUT2D eigenvalue weighted by molar-refractivity contribution is 9.10. The monoisotopic (exact) mass is 297 g/mol. The number of ether oxygens (including phenoxy) is 1. The molecule has 0 spiro atoms. The van der Waals surface area contributed by atoms with Gasteiger partial charge in [0.05, 0.1) is 10.6 Å². The van der Waals surface area contributed by atoms with Crippen molar-refractivity contribution in [1.29, 1.82) is 0 Å². The van der Waals surface area contributed by atoms with Crippen molar-refractivity contribution in [3.8, 4) is 5.75 Å². The zero-order valence-corrected chi connectivity index (χ0v) is 12.1. The lowest BCUT2D eigenvalue weighted by Crippen LogP contribution is -2.24. The molecule has 1 fully saturated rings. The second kappa shape index (κ2) is 5.30. The molecular weight excluding hydrogens is 278 g/mol. The van der Waals surface area contributed by atoms with Gasteiger partial charge in [-0.3, -0.25) is 0 Å². The van der Waals surface area contributed by atoms with Gasteiger partial charge in [0, 0.05) is 5.69 Å². The van der Waals surface area contributed by atoms with Crippen molar-refractivity contribution < 1.29 is 4.74 Å². The minimum absolute atomic E-state index is 0.359. The maximum absolute atomic E-state index is 6.09. The van der Waals surface area contributed by atoms with Gasteiger partial charge in [-0.05, 0) is 65.7 Å². The Morgan fingerprint density at radius 2 is 2.12 bits per heavy atom. The third-order valence-corrected chi connectivity index (χ3v) is 4.12. The minimum atomic E-state index is 0.359. The van der Waals surface area contributed by atoms with Crippen molar-refractivity contribution in [3.63, 3.8) is 0 Å². The molecule has 1 aromatic carbocycles. The van der Waals surface area contributed by atoms with Gasteiger partial charge in [-0.2, -0.15) is 0 Å². The van der Waals surface area contributed by atoms with Crippen LogP contribution in [0.25, 0.3) is 0 Å². The summed E-state index contributed by atoms with van der Waals surface area (Å²) in [6, 6.07) is 3.95. The maximum atomic E-state index is 6.09. The van der Waals surface area contributed by atoms with Crippen molar-refractivity contribution in [2.24, 2.45) is 5.92 Å². The number of anilines is 1. The summed E-state index contributed by atoms with van der Waals surface area (Å²) in [6.45, 7) is 4.32. The van der Waals surface area contributed by atoms with Crippen LogP contribution in [0.1, 0.15) is 38.2 Å². The minimum Gasteiger partial charge on any atom is -0.489 e. The highest BCUT2D eigenvalue weighted by atomic mass is 79.9. The molecule has 1 aliphatic carbocycles. The first kappa shape index (κ1) is 12.7. The Hall–Kier alpha value is -0.700. The smallest absolute Gasteiger partial charge is 0.134 e. The number of hydrogen-bond donors (Lipinski definition) is 1. The van der Waals surface area contributed by atoms with E-state index in [0.717, 1.165) is 33.8 Å². The van der Waals surface area contributed by atoms with Gasteiger partial charge in [-0.15, -0.1) is 0 Å². The summed E-state index contributed by atoms with van der Waals surface area (Å²) >= 11 is 3.52. The van der Waals surface area contributed by atoms with E-state index in [1.54, 1.807) is 0 Å². The Kier molecular flexibility index (Phi) is 3.97. The number of rotatable bonds is 2. The third-order valence-electron chi connectivity index (χ3n) is 3.50. The van der Waals surface area contributed by atoms with Crippen molar-refractivity contribution in [1.82, 2.24) is 0 Å². The van der Waals surface area contributed by atoms with Gasteiger partial charge >= 0.3 is 0 Å². The zero-order valence-electron chi connectivity index (χ0n) is 10.5. The lowest BCUT2D eigenvalue weighted by atomic mass is 9.89. The van der Waals surface area contributed by atoms with E-state index in [1.165, 1.54) is 19.3 Å². The molecule has 0 saturated heterocycles. The number of halogens is 1. The molecule has 0 bridgehead atoms. The number of aryl methyl sites for hydroxylation is 1. The van der Waals surface area contributed by atoms with Crippen LogP contribution in [0.4, 0.5) is 5.69 Å². The van der Waals surface area contributed by atoms with E-state index in [-0.39, 0.29) is 0 Å². The Balaban J connectivity index is 2.10. The topological polar surface area (TPSA) is 35.2 Å². The van der Waals surface area contributed by atoms with Gasteiger partial charge in [0.15, 0.2) is 0 Å². The number of hydrogen-bond acceptors (Lipinski definition) is 2. The highest BCUT2D eigenvalue weighted by Gasteiger charge is 2.21. The van der Waals surface area contributed by atoms with Crippen molar-refractivity contribution in [3.05, 3.63) is 22.2 Å². The van der Waals surface area contributed by atoms with E-state index >= 15 is 0 Å². The van der Waals surface area contributed by atoms with E-state index in [2.05, 4.69) is 22.9 Å². The quantitative estimate of drug-likeness (QED) is 0.826. The molecule has 2 unspecified atom stereocenters. The lowest BCUT2D eigenvalue weighted by Gasteiger charge is -2.28. The average Bonchev–Trinajstić information content (AvgIpc) is 2.26. The molecule has 2 rings (SSSR count). The fraction of sp³-hybridized carbons (Fsp3) is 0.571. The molecule has 1 aromatic rings. The van der Waals surface area contributed by atoms with Crippen molar-refractivity contribution in [2.75, 3.05) is 5.73 Å². The van der Waals surface area contributed by atoms with Gasteiger partial charge in [0.1, 0.15) is 5.75 Å². The number of nitrogen functional groups attached to an aromatic ring is 1. The van der Waals surface area contributed by atoms with E-state index in [0.29, 0.717) is 6.10 Å². The average molecular weight is 298 g/mol. The van der Waals surface area contributed by atoms with E-state index < -0.39 is 0 Å². The molecule has 94 valence electrons. The highest BCUT2D eigenvalue weighted by Crippen LogP contribution is 2.33. The van der Waals surface area contributed by atoms with Crippen LogP contribution in [-0.4, -0.2) is 6.10 Å². The SMILES string of the molecule is Cc1cc(OC2CCCC(C)C2)c(Br)cc1N. The van der Waals surface area contributed by atoms with Gasteiger partial charge < -0.3 is 10.5 Å². The van der Waals surface area contributed by atoms with Crippen LogP contribution < -0.4 is 10.5 Å². The second-order valence-electron chi connectivity index (χ2n) is 5.15. The van der Waals surface area contributed by atoms with Crippen LogP contribution in [-0.2, 0) is 0 Å². The Morgan fingerprint density at radius 3 is 2.82 bits per heavy atom. The van der Waals surface area contributed by atoms with E-state index in [9.17, 15) is 0 Å². The number of benzene rings is 1. The molecule has 1 aliphatic rings. The Bertz CT molecular complexity index is 405. The summed E-state index contributed by atoms with van der Waals surface area (Å²) in [5.41, 5.74) is 7.74. The summed E-state index contributed by atoms with van der Waals surface area (Å²) < 4.78 is 7.05. The molecule has 1 saturated carbocycles. The molecular formula is C14H20BrNO. The predicted molar refractivity (Wildman–Crippen MR) is 75.3 cm³/mol. The summed E-state index contributed by atoms with van der Waals surface area (Å²) in [5, 5.41) is 0. The summed E-state index contributed by atoms with van der Waals surface area (Å²) in [4.78, 5) is 0. The van der Waals surface area contributed by atoms with Crippen LogP contribution >= 0.6 is 15.9 Å². The third kappa shape index (κ3) is 3.15. The molecule has 0 aromatic heterocycles. The maximum Gasteiger partial charge on any atom is 0.134 e. The van der Waals surface area contributed by atoms with E-state index in [4.69, 9.17) is 10.5 Å². The molecule has 2 N–H and O–H groups in total. The molecule has 0 amide bonds. The van der Waals surface area contributed by atoms with Crippen LogP contribution in [0.2, 0.25) is 0 Å². The first-order chi connectivity index (χ1) is 8.06. The molecule has 0 aliphatic heterocycles. The Morgan fingerprint density at radius 1 is 1.35 bits per heavy atom. The van der Waals surface area contributed by atoms with Gasteiger partial charge in [0.2, 0.25) is 0 Å². The molecule has 17 heavy (non-hydrogen) atoms. The molecule has 0 heterocycles. The van der Waals surface area contributed by atoms with Crippen molar-refractivity contribution in [2.45, 2.75) is 45.6 Å². The second-order valence-corrected chi connectivity index (χ2v) is 6.01. The first-order valence-electron chi connectivity index (χ1n) is 6.28. The van der Waals surface area contributed by atoms with Crippen LogP contribution in [0, 0.1) is 12.8 Å². The summed E-state index contributed by atoms with van der Waals surface area (Å²) in [6.07, 6.45) is 5.30. The fourth-order valence-electron chi connectivity index (χ4n) is 2.43. The largest absolute Gasteiger partial charge is 0.489 e. The molecule has 0 radical (unpaired) electrons. The van der Waals surface area contributed by atoms with Gasteiger partial charge in [-0.25, -0.2) is 0 Å². The molecule has 3 heteroatoms. The summed E-state index contributed by atoms with van der Waals surface area (Å²) in [5.74, 6) is 1.71. The lowest BCUT2D eigenvalue weighted by molar-refractivity contribution is 0.128. The Labute approximate surface area is 112 Å². The van der Waals surface area contributed by atoms with Crippen LogP contribution in [0.3, 0.4) is 0 Å². The first-order valence-corrected chi connectivity index (χ1v) is 7.08. The zero-order chi connectivity index (χ0) is 12.4. The number of nitrogens with two attached hydrogens (primary N) is 1. The van der Waals surface area contributed by atoms with Gasteiger partial charge in [0.25, 0.3) is 0 Å². The normalized spacial score (nSPS) is 24.6. The van der Waals surface area contributed by atoms with Crippen LogP contribution in [0.15, 0.2) is 16.6 Å². The van der Waals surface area contributed by atoms with Crippen LogP contribution in [0.5, 0.6) is 5.75 Å².